The van der Waals surface area contributed by atoms with Crippen LogP contribution in [0, 0.1) is 24.0 Å². The van der Waals surface area contributed by atoms with Crippen molar-refractivity contribution in [3.8, 4) is 0 Å². The van der Waals surface area contributed by atoms with E-state index in [0.29, 0.717) is 5.56 Å². The van der Waals surface area contributed by atoms with E-state index in [-0.39, 0.29) is 12.3 Å². The lowest BCUT2D eigenvalue weighted by Gasteiger charge is -2.21. The molecule has 5 heteroatoms. The van der Waals surface area contributed by atoms with Crippen molar-refractivity contribution in [2.24, 2.45) is 0 Å². The van der Waals surface area contributed by atoms with Crippen LogP contribution in [0.25, 0.3) is 0 Å². The molecule has 0 aliphatic rings. The molecule has 0 bridgehead atoms. The highest BCUT2D eigenvalue weighted by Gasteiger charge is 2.15. The number of hydrogen-bond donors (Lipinski definition) is 1. The smallest absolute Gasteiger partial charge is 0.275 e. The zero-order valence-corrected chi connectivity index (χ0v) is 12.3. The molecule has 0 heterocycles. The summed E-state index contributed by atoms with van der Waals surface area (Å²) < 4.78 is 0. The molecule has 21 heavy (non-hydrogen) atoms. The fraction of sp³-hybridized carbons (Fsp3) is 0.250. The van der Waals surface area contributed by atoms with E-state index >= 15 is 0 Å². The second-order valence-corrected chi connectivity index (χ2v) is 5.13. The summed E-state index contributed by atoms with van der Waals surface area (Å²) in [4.78, 5) is 12.4. The second-order valence-electron chi connectivity index (χ2n) is 5.13. The van der Waals surface area contributed by atoms with Crippen molar-refractivity contribution in [3.63, 3.8) is 0 Å². The summed E-state index contributed by atoms with van der Waals surface area (Å²) in [6, 6.07) is 11.0. The van der Waals surface area contributed by atoms with Gasteiger partial charge in [0.1, 0.15) is 0 Å². The first-order valence-electron chi connectivity index (χ1n) is 6.62. The first-order valence-corrected chi connectivity index (χ1v) is 6.62. The number of nitrogens with zero attached hydrogens (tertiary/aromatic N) is 2. The number of aliphatic hydroxyl groups excluding tert-OH is 1. The minimum Gasteiger partial charge on any atom is -0.391 e. The van der Waals surface area contributed by atoms with E-state index < -0.39 is 4.92 Å². The molecule has 110 valence electrons. The highest BCUT2D eigenvalue weighted by molar-refractivity contribution is 5.66. The third kappa shape index (κ3) is 3.20. The maximum atomic E-state index is 10.9. The van der Waals surface area contributed by atoms with E-state index in [2.05, 4.69) is 6.07 Å². The number of aryl methyl sites for hydroxylation is 2. The van der Waals surface area contributed by atoms with Gasteiger partial charge >= 0.3 is 0 Å². The Morgan fingerprint density at radius 1 is 1.10 bits per heavy atom. The third-order valence-corrected chi connectivity index (χ3v) is 3.41. The number of rotatable bonds is 4. The average molecular weight is 286 g/mol. The number of hydrogen-bond acceptors (Lipinski definition) is 4. The fourth-order valence-electron chi connectivity index (χ4n) is 2.38. The van der Waals surface area contributed by atoms with Crippen molar-refractivity contribution in [1.29, 1.82) is 0 Å². The van der Waals surface area contributed by atoms with E-state index in [1.807, 2.05) is 37.9 Å². The van der Waals surface area contributed by atoms with Gasteiger partial charge in [-0.2, -0.15) is 0 Å². The molecule has 0 unspecified atom stereocenters. The Kier molecular flexibility index (Phi) is 4.23. The first kappa shape index (κ1) is 15.0. The van der Waals surface area contributed by atoms with Crippen LogP contribution in [0.3, 0.4) is 0 Å². The van der Waals surface area contributed by atoms with E-state index in [0.717, 1.165) is 22.5 Å². The van der Waals surface area contributed by atoms with Gasteiger partial charge in [0.25, 0.3) is 5.69 Å². The summed E-state index contributed by atoms with van der Waals surface area (Å²) >= 11 is 0. The average Bonchev–Trinajstić information content (AvgIpc) is 2.44. The molecule has 0 fully saturated rings. The molecule has 1 N–H and O–H groups in total. The minimum atomic E-state index is -0.480. The van der Waals surface area contributed by atoms with Gasteiger partial charge in [0, 0.05) is 24.5 Å². The van der Waals surface area contributed by atoms with Gasteiger partial charge in [0.05, 0.1) is 17.1 Å². The number of anilines is 2. The molecular formula is C16H18N2O3. The molecule has 0 aliphatic carbocycles. The van der Waals surface area contributed by atoms with Gasteiger partial charge in [-0.15, -0.1) is 0 Å². The SMILES string of the molecule is Cc1cc(C)cc(N(C)c2ccc([N+](=O)[O-])c(CO)c2)c1. The molecule has 0 spiro atoms. The van der Waals surface area contributed by atoms with Gasteiger partial charge in [-0.3, -0.25) is 10.1 Å². The second kappa shape index (κ2) is 5.93. The Bertz CT molecular complexity index is 663. The summed E-state index contributed by atoms with van der Waals surface area (Å²) in [5, 5.41) is 20.2. The Labute approximate surface area is 123 Å². The van der Waals surface area contributed by atoms with Crippen molar-refractivity contribution < 1.29 is 10.0 Å². The molecule has 2 aromatic rings. The molecule has 0 aliphatic heterocycles. The van der Waals surface area contributed by atoms with Crippen LogP contribution in [0.1, 0.15) is 16.7 Å². The molecule has 5 nitrogen and oxygen atoms in total. The maximum Gasteiger partial charge on any atom is 0.275 e. The highest BCUT2D eigenvalue weighted by Crippen LogP contribution is 2.29. The zero-order chi connectivity index (χ0) is 15.6. The van der Waals surface area contributed by atoms with Crippen LogP contribution in [0.5, 0.6) is 0 Å². The Morgan fingerprint density at radius 2 is 1.71 bits per heavy atom. The lowest BCUT2D eigenvalue weighted by molar-refractivity contribution is -0.385. The fourth-order valence-corrected chi connectivity index (χ4v) is 2.38. The maximum absolute atomic E-state index is 10.9. The molecule has 2 aromatic carbocycles. The number of nitro benzene ring substituents is 1. The number of aliphatic hydroxyl groups is 1. The molecule has 0 saturated carbocycles. The van der Waals surface area contributed by atoms with Crippen LogP contribution in [0.15, 0.2) is 36.4 Å². The van der Waals surface area contributed by atoms with Crippen LogP contribution in [0.4, 0.5) is 17.1 Å². The van der Waals surface area contributed by atoms with Crippen LogP contribution in [-0.2, 0) is 6.61 Å². The highest BCUT2D eigenvalue weighted by atomic mass is 16.6. The molecule has 2 rings (SSSR count). The van der Waals surface area contributed by atoms with Gasteiger partial charge in [-0.1, -0.05) is 6.07 Å². The van der Waals surface area contributed by atoms with Crippen molar-refractivity contribution in [3.05, 3.63) is 63.2 Å². The van der Waals surface area contributed by atoms with Gasteiger partial charge in [-0.25, -0.2) is 0 Å². The first-order chi connectivity index (χ1) is 9.92. The van der Waals surface area contributed by atoms with Gasteiger partial charge in [0.2, 0.25) is 0 Å². The number of benzene rings is 2. The summed E-state index contributed by atoms with van der Waals surface area (Å²) in [5.74, 6) is 0. The molecule has 0 atom stereocenters. The van der Waals surface area contributed by atoms with E-state index in [9.17, 15) is 15.2 Å². The quantitative estimate of drug-likeness (QED) is 0.690. The van der Waals surface area contributed by atoms with Crippen LogP contribution < -0.4 is 4.90 Å². The van der Waals surface area contributed by atoms with Crippen molar-refractivity contribution in [2.75, 3.05) is 11.9 Å². The van der Waals surface area contributed by atoms with Gasteiger partial charge in [-0.05, 0) is 49.2 Å². The molecule has 0 radical (unpaired) electrons. The van der Waals surface area contributed by atoms with Crippen molar-refractivity contribution in [2.45, 2.75) is 20.5 Å². The lowest BCUT2D eigenvalue weighted by Crippen LogP contribution is -2.10. The van der Waals surface area contributed by atoms with Crippen LogP contribution >= 0.6 is 0 Å². The molecule has 0 amide bonds. The third-order valence-electron chi connectivity index (χ3n) is 3.41. The van der Waals surface area contributed by atoms with Crippen molar-refractivity contribution >= 4 is 17.1 Å². The summed E-state index contributed by atoms with van der Waals surface area (Å²) in [5.41, 5.74) is 4.37. The Morgan fingerprint density at radius 3 is 2.24 bits per heavy atom. The van der Waals surface area contributed by atoms with E-state index in [4.69, 9.17) is 0 Å². The normalized spacial score (nSPS) is 10.5. The summed E-state index contributed by atoms with van der Waals surface area (Å²) in [6.45, 7) is 3.70. The predicted octanol–water partition coefficient (Wildman–Crippen LogP) is 3.47. The predicted molar refractivity (Wildman–Crippen MR) is 83.0 cm³/mol. The summed E-state index contributed by atoms with van der Waals surface area (Å²) in [6.07, 6.45) is 0. The standard InChI is InChI=1S/C16H18N2O3/c1-11-6-12(2)8-15(7-11)17(3)14-4-5-16(18(20)21)13(9-14)10-19/h4-9,19H,10H2,1-3H3. The van der Waals surface area contributed by atoms with E-state index in [1.165, 1.54) is 6.07 Å². The Hall–Kier alpha value is -2.40. The van der Waals surface area contributed by atoms with Gasteiger partial charge < -0.3 is 10.0 Å². The minimum absolute atomic E-state index is 0.0601. The molecule has 0 aromatic heterocycles. The lowest BCUT2D eigenvalue weighted by atomic mass is 10.1. The summed E-state index contributed by atoms with van der Waals surface area (Å²) in [7, 11) is 1.90. The monoisotopic (exact) mass is 286 g/mol. The van der Waals surface area contributed by atoms with Gasteiger partial charge in [0.15, 0.2) is 0 Å². The van der Waals surface area contributed by atoms with Crippen LogP contribution in [-0.4, -0.2) is 17.1 Å². The number of nitro groups is 1. The van der Waals surface area contributed by atoms with Crippen molar-refractivity contribution in [1.82, 2.24) is 0 Å². The zero-order valence-electron chi connectivity index (χ0n) is 12.3. The topological polar surface area (TPSA) is 66.6 Å². The molecule has 0 saturated heterocycles. The largest absolute Gasteiger partial charge is 0.391 e. The molecular weight excluding hydrogens is 268 g/mol. The Balaban J connectivity index is 2.43. The van der Waals surface area contributed by atoms with Crippen LogP contribution in [0.2, 0.25) is 0 Å². The van der Waals surface area contributed by atoms with E-state index in [1.54, 1.807) is 12.1 Å².